The Morgan fingerprint density at radius 1 is 0.778 bits per heavy atom. The average Bonchev–Trinajstić information content (AvgIpc) is 2.35. The number of aryl methyl sites for hydroxylation is 2. The van der Waals surface area contributed by atoms with Gasteiger partial charge in [0.25, 0.3) is 0 Å². The third kappa shape index (κ3) is 2.28. The van der Waals surface area contributed by atoms with Gasteiger partial charge in [0, 0.05) is 0 Å². The second-order valence-corrected chi connectivity index (χ2v) is 4.77. The Morgan fingerprint density at radius 2 is 1.17 bits per heavy atom. The summed E-state index contributed by atoms with van der Waals surface area (Å²) in [6.07, 6.45) is 4.13. The fourth-order valence-electron chi connectivity index (χ4n) is 2.46. The normalized spacial score (nSPS) is 11.0. The summed E-state index contributed by atoms with van der Waals surface area (Å²) in [4.78, 5) is 0. The van der Waals surface area contributed by atoms with E-state index in [9.17, 15) is 10.2 Å². The number of phenolic OH excluding ortho intramolecular Hbond substituents is 2. The highest BCUT2D eigenvalue weighted by Crippen LogP contribution is 2.34. The number of phenols is 2. The van der Waals surface area contributed by atoms with Gasteiger partial charge in [0.2, 0.25) is 0 Å². The van der Waals surface area contributed by atoms with Crippen LogP contribution in [0.1, 0.15) is 37.8 Å². The Labute approximate surface area is 108 Å². The predicted octanol–water partition coefficient (Wildman–Crippen LogP) is 4.16. The van der Waals surface area contributed by atoms with Gasteiger partial charge in [-0.2, -0.15) is 0 Å². The first kappa shape index (κ1) is 12.7. The van der Waals surface area contributed by atoms with E-state index in [-0.39, 0.29) is 11.5 Å². The zero-order valence-corrected chi connectivity index (χ0v) is 11.0. The van der Waals surface area contributed by atoms with E-state index >= 15 is 0 Å². The van der Waals surface area contributed by atoms with Gasteiger partial charge in [0.05, 0.1) is 0 Å². The van der Waals surface area contributed by atoms with Gasteiger partial charge in [-0.25, -0.2) is 0 Å². The minimum atomic E-state index is -0.0338. The summed E-state index contributed by atoms with van der Waals surface area (Å²) in [6, 6.07) is 7.67. The van der Waals surface area contributed by atoms with Gasteiger partial charge < -0.3 is 10.2 Å². The van der Waals surface area contributed by atoms with E-state index in [1.54, 1.807) is 12.1 Å². The molecule has 0 saturated heterocycles. The maximum absolute atomic E-state index is 9.68. The van der Waals surface area contributed by atoms with Crippen LogP contribution in [0.4, 0.5) is 0 Å². The Morgan fingerprint density at radius 3 is 1.50 bits per heavy atom. The van der Waals surface area contributed by atoms with Gasteiger partial charge in [-0.05, 0) is 46.9 Å². The van der Waals surface area contributed by atoms with Gasteiger partial charge in [0.15, 0.2) is 11.5 Å². The molecular weight excluding hydrogens is 224 g/mol. The van der Waals surface area contributed by atoms with Crippen molar-refractivity contribution >= 4 is 10.8 Å². The van der Waals surface area contributed by atoms with Crippen LogP contribution in [-0.4, -0.2) is 10.2 Å². The van der Waals surface area contributed by atoms with E-state index in [0.29, 0.717) is 0 Å². The third-order valence-corrected chi connectivity index (χ3v) is 3.33. The van der Waals surface area contributed by atoms with Crippen LogP contribution in [0.25, 0.3) is 10.8 Å². The molecule has 2 aromatic carbocycles. The second-order valence-electron chi connectivity index (χ2n) is 4.77. The molecule has 0 atom stereocenters. The maximum Gasteiger partial charge on any atom is 0.158 e. The van der Waals surface area contributed by atoms with Crippen LogP contribution in [0.2, 0.25) is 0 Å². The van der Waals surface area contributed by atoms with Crippen LogP contribution in [0.3, 0.4) is 0 Å². The van der Waals surface area contributed by atoms with Crippen molar-refractivity contribution in [3.8, 4) is 11.5 Å². The van der Waals surface area contributed by atoms with E-state index in [4.69, 9.17) is 0 Å². The van der Waals surface area contributed by atoms with Crippen LogP contribution in [0.15, 0.2) is 24.3 Å². The van der Waals surface area contributed by atoms with E-state index in [1.165, 1.54) is 11.1 Å². The molecule has 2 N–H and O–H groups in total. The van der Waals surface area contributed by atoms with E-state index in [1.807, 2.05) is 0 Å². The molecule has 0 spiro atoms. The predicted molar refractivity (Wildman–Crippen MR) is 75.3 cm³/mol. The maximum atomic E-state index is 9.68. The Kier molecular flexibility index (Phi) is 3.75. The molecular formula is C16H20O2. The molecule has 0 aliphatic heterocycles. The summed E-state index contributed by atoms with van der Waals surface area (Å²) in [7, 11) is 0. The second kappa shape index (κ2) is 5.30. The molecule has 96 valence electrons. The lowest BCUT2D eigenvalue weighted by Gasteiger charge is -2.12. The summed E-state index contributed by atoms with van der Waals surface area (Å²) >= 11 is 0. The molecule has 2 nitrogen and oxygen atoms in total. The number of hydrogen-bond donors (Lipinski definition) is 2. The molecule has 0 radical (unpaired) electrons. The molecule has 18 heavy (non-hydrogen) atoms. The first-order chi connectivity index (χ1) is 8.67. The van der Waals surface area contributed by atoms with Crippen LogP contribution < -0.4 is 0 Å². The van der Waals surface area contributed by atoms with Gasteiger partial charge in [-0.3, -0.25) is 0 Å². The molecule has 0 heterocycles. The van der Waals surface area contributed by atoms with Gasteiger partial charge >= 0.3 is 0 Å². The number of fused-ring (bicyclic) bond motifs is 1. The SMILES string of the molecule is CCCc1ccc(CCC)c2cc(O)c(O)cc12. The smallest absolute Gasteiger partial charge is 0.158 e. The monoisotopic (exact) mass is 244 g/mol. The molecule has 0 fully saturated rings. The standard InChI is InChI=1S/C16H20O2/c1-3-5-11-7-8-12(6-4-2)14-10-16(18)15(17)9-13(11)14/h7-10,17-18H,3-6H2,1-2H3. The van der Waals surface area contributed by atoms with Crippen molar-refractivity contribution in [3.05, 3.63) is 35.4 Å². The summed E-state index contributed by atoms with van der Waals surface area (Å²) in [6.45, 7) is 4.29. The highest BCUT2D eigenvalue weighted by Gasteiger charge is 2.09. The van der Waals surface area contributed by atoms with E-state index in [2.05, 4.69) is 26.0 Å². The minimum absolute atomic E-state index is 0.0338. The van der Waals surface area contributed by atoms with Crippen molar-refractivity contribution in [1.29, 1.82) is 0 Å². The van der Waals surface area contributed by atoms with Gasteiger partial charge in [-0.15, -0.1) is 0 Å². The molecule has 0 bridgehead atoms. The highest BCUT2D eigenvalue weighted by molar-refractivity contribution is 5.91. The van der Waals surface area contributed by atoms with Crippen LogP contribution in [0.5, 0.6) is 11.5 Å². The Bertz CT molecular complexity index is 508. The number of hydrogen-bond acceptors (Lipinski definition) is 2. The van der Waals surface area contributed by atoms with E-state index < -0.39 is 0 Å². The third-order valence-electron chi connectivity index (χ3n) is 3.33. The fraction of sp³-hybridized carbons (Fsp3) is 0.375. The first-order valence-electron chi connectivity index (χ1n) is 6.63. The average molecular weight is 244 g/mol. The lowest BCUT2D eigenvalue weighted by molar-refractivity contribution is 0.405. The summed E-state index contributed by atoms with van der Waals surface area (Å²) in [5.41, 5.74) is 2.48. The van der Waals surface area contributed by atoms with Crippen LogP contribution in [0, 0.1) is 0 Å². The zero-order valence-electron chi connectivity index (χ0n) is 11.0. The number of aromatic hydroxyl groups is 2. The van der Waals surface area contributed by atoms with Crippen molar-refractivity contribution in [2.75, 3.05) is 0 Å². The van der Waals surface area contributed by atoms with Gasteiger partial charge in [0.1, 0.15) is 0 Å². The molecule has 2 rings (SSSR count). The largest absolute Gasteiger partial charge is 0.504 e. The minimum Gasteiger partial charge on any atom is -0.504 e. The molecule has 0 aromatic heterocycles. The lowest BCUT2D eigenvalue weighted by atomic mass is 9.94. The summed E-state index contributed by atoms with van der Waals surface area (Å²) in [5, 5.41) is 21.5. The number of rotatable bonds is 4. The molecule has 2 aromatic rings. The molecule has 0 saturated carbocycles. The molecule has 0 unspecified atom stereocenters. The molecule has 2 heteroatoms. The topological polar surface area (TPSA) is 40.5 Å². The summed E-state index contributed by atoms with van der Waals surface area (Å²) < 4.78 is 0. The fourth-order valence-corrected chi connectivity index (χ4v) is 2.46. The van der Waals surface area contributed by atoms with E-state index in [0.717, 1.165) is 36.5 Å². The van der Waals surface area contributed by atoms with Crippen LogP contribution in [-0.2, 0) is 12.8 Å². The number of benzene rings is 2. The molecule has 0 aliphatic rings. The Hall–Kier alpha value is -1.70. The zero-order chi connectivity index (χ0) is 13.1. The Balaban J connectivity index is 2.69. The van der Waals surface area contributed by atoms with Crippen molar-refractivity contribution < 1.29 is 10.2 Å². The molecule has 0 aliphatic carbocycles. The van der Waals surface area contributed by atoms with Crippen molar-refractivity contribution in [2.45, 2.75) is 39.5 Å². The lowest BCUT2D eigenvalue weighted by Crippen LogP contribution is -1.92. The van der Waals surface area contributed by atoms with Gasteiger partial charge in [-0.1, -0.05) is 38.8 Å². The summed E-state index contributed by atoms with van der Waals surface area (Å²) in [5.74, 6) is -0.0676. The van der Waals surface area contributed by atoms with Crippen molar-refractivity contribution in [2.24, 2.45) is 0 Å². The highest BCUT2D eigenvalue weighted by atomic mass is 16.3. The van der Waals surface area contributed by atoms with Crippen molar-refractivity contribution in [3.63, 3.8) is 0 Å². The van der Waals surface area contributed by atoms with Crippen LogP contribution >= 0.6 is 0 Å². The quantitative estimate of drug-likeness (QED) is 0.793. The van der Waals surface area contributed by atoms with Crippen molar-refractivity contribution in [1.82, 2.24) is 0 Å². The first-order valence-corrected chi connectivity index (χ1v) is 6.63. The molecule has 0 amide bonds.